The molecule has 5 heteroatoms. The lowest BCUT2D eigenvalue weighted by Crippen LogP contribution is -2.31. The van der Waals surface area contributed by atoms with Crippen molar-refractivity contribution in [1.29, 1.82) is 0 Å². The van der Waals surface area contributed by atoms with Crippen LogP contribution in [0.1, 0.15) is 56.6 Å². The number of aromatic carboxylic acids is 1. The minimum Gasteiger partial charge on any atom is -0.478 e. The molecule has 2 heterocycles. The quantitative estimate of drug-likeness (QED) is 0.939. The van der Waals surface area contributed by atoms with Gasteiger partial charge in [0.05, 0.1) is 17.3 Å². The summed E-state index contributed by atoms with van der Waals surface area (Å²) in [5.74, 6) is -1.17. The van der Waals surface area contributed by atoms with Gasteiger partial charge in [-0.15, -0.1) is 0 Å². The molecule has 1 atom stereocenters. The van der Waals surface area contributed by atoms with Crippen LogP contribution in [0.15, 0.2) is 36.4 Å². The van der Waals surface area contributed by atoms with Gasteiger partial charge >= 0.3 is 5.97 Å². The number of hydrogen-bond donors (Lipinski definition) is 1. The van der Waals surface area contributed by atoms with E-state index in [1.165, 1.54) is 23.3 Å². The number of carboxylic acids is 1. The van der Waals surface area contributed by atoms with Crippen molar-refractivity contribution in [1.82, 2.24) is 9.88 Å². The van der Waals surface area contributed by atoms with E-state index in [0.717, 1.165) is 12.8 Å². The standard InChI is InChI=1S/C19H20N2O3/c1-12-6-3-4-7-14(12)17-8-5-11-21(17)18(22)16-10-9-15(19(23)24)13(2)20-16/h3-4,6-7,9-10,17H,5,8,11H2,1-2H3,(H,23,24). The maximum atomic E-state index is 12.9. The fourth-order valence-corrected chi connectivity index (χ4v) is 3.35. The first-order chi connectivity index (χ1) is 11.5. The summed E-state index contributed by atoms with van der Waals surface area (Å²) >= 11 is 0. The number of carboxylic acid groups (broad SMARTS) is 1. The molecular formula is C19H20N2O3. The smallest absolute Gasteiger partial charge is 0.337 e. The van der Waals surface area contributed by atoms with Crippen molar-refractivity contribution >= 4 is 11.9 Å². The SMILES string of the molecule is Cc1ccccc1C1CCCN1C(=O)c1ccc(C(=O)O)c(C)n1. The lowest BCUT2D eigenvalue weighted by Gasteiger charge is -2.26. The van der Waals surface area contributed by atoms with Gasteiger partial charge in [-0.2, -0.15) is 0 Å². The van der Waals surface area contributed by atoms with Gasteiger partial charge < -0.3 is 10.0 Å². The van der Waals surface area contributed by atoms with Gasteiger partial charge in [0.25, 0.3) is 5.91 Å². The van der Waals surface area contributed by atoms with Crippen molar-refractivity contribution in [2.75, 3.05) is 6.54 Å². The number of aromatic nitrogens is 1. The normalized spacial score (nSPS) is 17.1. The Morgan fingerprint density at radius 3 is 2.58 bits per heavy atom. The minimum atomic E-state index is -1.03. The first kappa shape index (κ1) is 16.2. The Bertz CT molecular complexity index is 801. The molecule has 1 aromatic heterocycles. The van der Waals surface area contributed by atoms with Crippen molar-refractivity contribution in [2.24, 2.45) is 0 Å². The second-order valence-corrected chi connectivity index (χ2v) is 6.15. The first-order valence-electron chi connectivity index (χ1n) is 8.06. The van der Waals surface area contributed by atoms with Crippen LogP contribution in [0.5, 0.6) is 0 Å². The van der Waals surface area contributed by atoms with Gasteiger partial charge in [0, 0.05) is 6.54 Å². The highest BCUT2D eigenvalue weighted by Crippen LogP contribution is 2.34. The van der Waals surface area contributed by atoms with E-state index in [-0.39, 0.29) is 17.5 Å². The van der Waals surface area contributed by atoms with Crippen molar-refractivity contribution < 1.29 is 14.7 Å². The van der Waals surface area contributed by atoms with Crippen molar-refractivity contribution in [3.05, 3.63) is 64.5 Å². The average molecular weight is 324 g/mol. The molecule has 3 rings (SSSR count). The predicted molar refractivity (Wildman–Crippen MR) is 90.1 cm³/mol. The Morgan fingerprint density at radius 1 is 1.17 bits per heavy atom. The lowest BCUT2D eigenvalue weighted by atomic mass is 9.99. The van der Waals surface area contributed by atoms with E-state index in [4.69, 9.17) is 5.11 Å². The molecule has 1 aliphatic rings. The number of hydrogen-bond acceptors (Lipinski definition) is 3. The molecule has 1 amide bonds. The Labute approximate surface area is 140 Å². The van der Waals surface area contributed by atoms with Crippen molar-refractivity contribution in [3.8, 4) is 0 Å². The number of benzene rings is 1. The lowest BCUT2D eigenvalue weighted by molar-refractivity contribution is 0.0689. The third-order valence-electron chi connectivity index (χ3n) is 4.60. The molecule has 0 aliphatic carbocycles. The van der Waals surface area contributed by atoms with Gasteiger partial charge in [0.15, 0.2) is 0 Å². The molecule has 0 bridgehead atoms. The molecule has 5 nitrogen and oxygen atoms in total. The molecule has 1 aliphatic heterocycles. The Hall–Kier alpha value is -2.69. The zero-order valence-corrected chi connectivity index (χ0v) is 13.8. The molecule has 1 fully saturated rings. The summed E-state index contributed by atoms with van der Waals surface area (Å²) in [6.07, 6.45) is 1.89. The Kier molecular flexibility index (Phi) is 4.34. The number of aryl methyl sites for hydroxylation is 2. The highest BCUT2D eigenvalue weighted by atomic mass is 16.4. The summed E-state index contributed by atoms with van der Waals surface area (Å²) in [7, 11) is 0. The van der Waals surface area contributed by atoms with Crippen LogP contribution in [0.3, 0.4) is 0 Å². The molecule has 0 spiro atoms. The monoisotopic (exact) mass is 324 g/mol. The molecule has 24 heavy (non-hydrogen) atoms. The number of pyridine rings is 1. The fourth-order valence-electron chi connectivity index (χ4n) is 3.35. The van der Waals surface area contributed by atoms with Gasteiger partial charge in [-0.1, -0.05) is 24.3 Å². The van der Waals surface area contributed by atoms with E-state index >= 15 is 0 Å². The molecule has 1 N–H and O–H groups in total. The van der Waals surface area contributed by atoms with Crippen LogP contribution in [0.4, 0.5) is 0 Å². The van der Waals surface area contributed by atoms with E-state index < -0.39 is 5.97 Å². The van der Waals surface area contributed by atoms with Crippen molar-refractivity contribution in [3.63, 3.8) is 0 Å². The topological polar surface area (TPSA) is 70.5 Å². The van der Waals surface area contributed by atoms with Gasteiger partial charge in [0.2, 0.25) is 0 Å². The van der Waals surface area contributed by atoms with Gasteiger partial charge in [-0.3, -0.25) is 4.79 Å². The van der Waals surface area contributed by atoms with Crippen LogP contribution < -0.4 is 0 Å². The van der Waals surface area contributed by atoms with Crippen LogP contribution in [-0.4, -0.2) is 33.4 Å². The highest BCUT2D eigenvalue weighted by molar-refractivity contribution is 5.94. The number of amides is 1. The second-order valence-electron chi connectivity index (χ2n) is 6.15. The van der Waals surface area contributed by atoms with E-state index in [1.807, 2.05) is 17.0 Å². The molecule has 0 saturated carbocycles. The molecule has 1 saturated heterocycles. The zero-order valence-electron chi connectivity index (χ0n) is 13.8. The molecule has 0 radical (unpaired) electrons. The van der Waals surface area contributed by atoms with Crippen LogP contribution in [-0.2, 0) is 0 Å². The van der Waals surface area contributed by atoms with Gasteiger partial charge in [-0.05, 0) is 49.9 Å². The highest BCUT2D eigenvalue weighted by Gasteiger charge is 2.32. The maximum absolute atomic E-state index is 12.9. The summed E-state index contributed by atoms with van der Waals surface area (Å²) in [5.41, 5.74) is 3.14. The number of rotatable bonds is 3. The number of carbonyl (C=O) groups is 2. The van der Waals surface area contributed by atoms with Crippen LogP contribution >= 0.6 is 0 Å². The molecule has 124 valence electrons. The zero-order chi connectivity index (χ0) is 17.3. The van der Waals surface area contributed by atoms with Crippen LogP contribution in [0, 0.1) is 13.8 Å². The summed E-state index contributed by atoms with van der Waals surface area (Å²) in [4.78, 5) is 30.1. The third-order valence-corrected chi connectivity index (χ3v) is 4.60. The number of carbonyl (C=O) groups excluding carboxylic acids is 1. The van der Waals surface area contributed by atoms with E-state index in [1.54, 1.807) is 6.92 Å². The fraction of sp³-hybridized carbons (Fsp3) is 0.316. The molecule has 1 unspecified atom stereocenters. The van der Waals surface area contributed by atoms with E-state index in [2.05, 4.69) is 24.0 Å². The second kappa shape index (κ2) is 6.43. The van der Waals surface area contributed by atoms with Gasteiger partial charge in [0.1, 0.15) is 5.69 Å². The molecular weight excluding hydrogens is 304 g/mol. The summed E-state index contributed by atoms with van der Waals surface area (Å²) in [6, 6.07) is 11.1. The van der Waals surface area contributed by atoms with Gasteiger partial charge in [-0.25, -0.2) is 9.78 Å². The van der Waals surface area contributed by atoms with Crippen LogP contribution in [0.2, 0.25) is 0 Å². The summed E-state index contributed by atoms with van der Waals surface area (Å²) in [5, 5.41) is 9.09. The van der Waals surface area contributed by atoms with E-state index in [9.17, 15) is 9.59 Å². The summed E-state index contributed by atoms with van der Waals surface area (Å²) in [6.45, 7) is 4.36. The average Bonchev–Trinajstić information content (AvgIpc) is 3.03. The Morgan fingerprint density at radius 2 is 1.92 bits per heavy atom. The third kappa shape index (κ3) is 2.89. The molecule has 1 aromatic carbocycles. The van der Waals surface area contributed by atoms with E-state index in [0.29, 0.717) is 17.9 Å². The largest absolute Gasteiger partial charge is 0.478 e. The number of nitrogens with zero attached hydrogens (tertiary/aromatic N) is 2. The van der Waals surface area contributed by atoms with Crippen molar-refractivity contribution in [2.45, 2.75) is 32.7 Å². The maximum Gasteiger partial charge on any atom is 0.337 e. The predicted octanol–water partition coefficient (Wildman–Crippen LogP) is 3.37. The minimum absolute atomic E-state index is 0.0555. The Balaban J connectivity index is 1.90. The summed E-state index contributed by atoms with van der Waals surface area (Å²) < 4.78 is 0. The van der Waals surface area contributed by atoms with Crippen LogP contribution in [0.25, 0.3) is 0 Å². The number of likely N-dealkylation sites (tertiary alicyclic amines) is 1. The molecule has 2 aromatic rings. The first-order valence-corrected chi connectivity index (χ1v) is 8.06.